The van der Waals surface area contributed by atoms with Gasteiger partial charge in [0.1, 0.15) is 5.54 Å². The Morgan fingerprint density at radius 1 is 1.32 bits per heavy atom. The SMILES string of the molecule is CCC1(c2ccc(OC(C)=O)c(OC)c2)NC(=O)N(C)C1=O. The molecule has 7 heteroatoms. The number of esters is 1. The second-order valence-electron chi connectivity index (χ2n) is 5.01. The molecule has 0 aliphatic carbocycles. The van der Waals surface area contributed by atoms with Crippen LogP contribution in [0.5, 0.6) is 11.5 Å². The van der Waals surface area contributed by atoms with Crippen molar-refractivity contribution in [2.45, 2.75) is 25.8 Å². The molecule has 1 N–H and O–H groups in total. The second-order valence-corrected chi connectivity index (χ2v) is 5.01. The molecule has 0 bridgehead atoms. The van der Waals surface area contributed by atoms with Gasteiger partial charge in [0.15, 0.2) is 11.5 Å². The van der Waals surface area contributed by atoms with Crippen LogP contribution in [0.3, 0.4) is 0 Å². The molecule has 1 aromatic rings. The van der Waals surface area contributed by atoms with Crippen LogP contribution in [0.25, 0.3) is 0 Å². The number of carbonyl (C=O) groups is 3. The van der Waals surface area contributed by atoms with Gasteiger partial charge >= 0.3 is 12.0 Å². The van der Waals surface area contributed by atoms with Gasteiger partial charge in [0.25, 0.3) is 5.91 Å². The molecule has 1 aliphatic heterocycles. The summed E-state index contributed by atoms with van der Waals surface area (Å²) in [6.07, 6.45) is 0.387. The van der Waals surface area contributed by atoms with Crippen molar-refractivity contribution in [3.63, 3.8) is 0 Å². The van der Waals surface area contributed by atoms with Crippen LogP contribution < -0.4 is 14.8 Å². The number of methoxy groups -OCH3 is 1. The Balaban J connectivity index is 2.49. The summed E-state index contributed by atoms with van der Waals surface area (Å²) in [7, 11) is 2.87. The Morgan fingerprint density at radius 2 is 2.00 bits per heavy atom. The molecule has 1 aliphatic rings. The maximum Gasteiger partial charge on any atom is 0.325 e. The van der Waals surface area contributed by atoms with Crippen LogP contribution in [-0.4, -0.2) is 37.0 Å². The van der Waals surface area contributed by atoms with Gasteiger partial charge in [0.2, 0.25) is 0 Å². The largest absolute Gasteiger partial charge is 0.493 e. The molecular formula is C15H18N2O5. The highest BCUT2D eigenvalue weighted by Crippen LogP contribution is 2.37. The average molecular weight is 306 g/mol. The molecule has 1 unspecified atom stereocenters. The van der Waals surface area contributed by atoms with Crippen LogP contribution in [-0.2, 0) is 15.1 Å². The van der Waals surface area contributed by atoms with Crippen molar-refractivity contribution in [1.82, 2.24) is 10.2 Å². The fourth-order valence-corrected chi connectivity index (χ4v) is 2.51. The minimum atomic E-state index is -1.13. The van der Waals surface area contributed by atoms with Crippen LogP contribution in [0, 0.1) is 0 Å². The van der Waals surface area contributed by atoms with E-state index in [0.717, 1.165) is 4.90 Å². The van der Waals surface area contributed by atoms with E-state index in [1.165, 1.54) is 21.1 Å². The average Bonchev–Trinajstić information content (AvgIpc) is 2.72. The number of urea groups is 1. The van der Waals surface area contributed by atoms with E-state index in [1.807, 2.05) is 6.92 Å². The third kappa shape index (κ3) is 2.38. The number of hydrogen-bond acceptors (Lipinski definition) is 5. The molecule has 1 aromatic carbocycles. The third-order valence-electron chi connectivity index (χ3n) is 3.74. The summed E-state index contributed by atoms with van der Waals surface area (Å²) in [5.74, 6) is -0.226. The van der Waals surface area contributed by atoms with Crippen molar-refractivity contribution in [3.05, 3.63) is 23.8 Å². The fraction of sp³-hybridized carbons (Fsp3) is 0.400. The van der Waals surface area contributed by atoms with Crippen molar-refractivity contribution in [2.24, 2.45) is 0 Å². The number of imide groups is 1. The lowest BCUT2D eigenvalue weighted by Gasteiger charge is -2.26. The van der Waals surface area contributed by atoms with Crippen molar-refractivity contribution >= 4 is 17.9 Å². The van der Waals surface area contributed by atoms with Gasteiger partial charge in [-0.25, -0.2) is 4.79 Å². The number of benzene rings is 1. The lowest BCUT2D eigenvalue weighted by atomic mass is 9.87. The molecule has 0 spiro atoms. The smallest absolute Gasteiger partial charge is 0.325 e. The Kier molecular flexibility index (Phi) is 4.07. The summed E-state index contributed by atoms with van der Waals surface area (Å²) in [5, 5.41) is 2.72. The minimum absolute atomic E-state index is 0.259. The molecule has 0 saturated carbocycles. The van der Waals surface area contributed by atoms with Crippen LogP contribution in [0.15, 0.2) is 18.2 Å². The Bertz CT molecular complexity index is 643. The van der Waals surface area contributed by atoms with Gasteiger partial charge in [-0.1, -0.05) is 13.0 Å². The van der Waals surface area contributed by atoms with E-state index in [0.29, 0.717) is 17.7 Å². The molecule has 0 radical (unpaired) electrons. The third-order valence-corrected chi connectivity index (χ3v) is 3.74. The first-order valence-electron chi connectivity index (χ1n) is 6.83. The quantitative estimate of drug-likeness (QED) is 0.516. The predicted molar refractivity (Wildman–Crippen MR) is 77.6 cm³/mol. The standard InChI is InChI=1S/C15H18N2O5/c1-5-15(13(19)17(3)14(20)16-15)10-6-7-11(22-9(2)18)12(8-10)21-4/h6-8H,5H2,1-4H3,(H,16,20). The van der Waals surface area contributed by atoms with Crippen LogP contribution in [0.4, 0.5) is 4.79 Å². The molecule has 1 atom stereocenters. The predicted octanol–water partition coefficient (Wildman–Crippen LogP) is 1.41. The molecular weight excluding hydrogens is 288 g/mol. The minimum Gasteiger partial charge on any atom is -0.493 e. The molecule has 22 heavy (non-hydrogen) atoms. The van der Waals surface area contributed by atoms with Gasteiger partial charge in [-0.15, -0.1) is 0 Å². The second kappa shape index (κ2) is 5.67. The lowest BCUT2D eigenvalue weighted by Crippen LogP contribution is -2.43. The van der Waals surface area contributed by atoms with E-state index >= 15 is 0 Å². The Hall–Kier alpha value is -2.57. The number of nitrogens with one attached hydrogen (secondary N) is 1. The van der Waals surface area contributed by atoms with Gasteiger partial charge in [-0.2, -0.15) is 0 Å². The zero-order valence-electron chi connectivity index (χ0n) is 12.9. The molecule has 3 amide bonds. The monoisotopic (exact) mass is 306 g/mol. The first-order chi connectivity index (χ1) is 10.4. The maximum absolute atomic E-state index is 12.4. The molecule has 2 rings (SSSR count). The normalized spacial score (nSPS) is 20.8. The van der Waals surface area contributed by atoms with Gasteiger partial charge in [-0.05, 0) is 24.1 Å². The number of ether oxygens (including phenoxy) is 2. The van der Waals surface area contributed by atoms with Crippen molar-refractivity contribution < 1.29 is 23.9 Å². The summed E-state index contributed by atoms with van der Waals surface area (Å²) in [4.78, 5) is 36.4. The number of amides is 3. The van der Waals surface area contributed by atoms with Crippen molar-refractivity contribution in [1.29, 1.82) is 0 Å². The topological polar surface area (TPSA) is 84.9 Å². The van der Waals surface area contributed by atoms with E-state index in [-0.39, 0.29) is 11.7 Å². The van der Waals surface area contributed by atoms with Gasteiger partial charge < -0.3 is 14.8 Å². The van der Waals surface area contributed by atoms with E-state index in [1.54, 1.807) is 18.2 Å². The fourth-order valence-electron chi connectivity index (χ4n) is 2.51. The van der Waals surface area contributed by atoms with E-state index < -0.39 is 17.5 Å². The Morgan fingerprint density at radius 3 is 2.45 bits per heavy atom. The van der Waals surface area contributed by atoms with Gasteiger partial charge in [0.05, 0.1) is 7.11 Å². The number of hydrogen-bond donors (Lipinski definition) is 1. The van der Waals surface area contributed by atoms with Crippen molar-refractivity contribution in [2.75, 3.05) is 14.2 Å². The first kappa shape index (κ1) is 15.8. The molecule has 0 aromatic heterocycles. The summed E-state index contributed by atoms with van der Waals surface area (Å²) < 4.78 is 10.3. The molecule has 1 saturated heterocycles. The number of rotatable bonds is 4. The maximum atomic E-state index is 12.4. The molecule has 1 fully saturated rings. The summed E-state index contributed by atoms with van der Waals surface area (Å²) in [6.45, 7) is 3.10. The van der Waals surface area contributed by atoms with Crippen LogP contribution in [0.2, 0.25) is 0 Å². The summed E-state index contributed by atoms with van der Waals surface area (Å²) >= 11 is 0. The highest BCUT2D eigenvalue weighted by molar-refractivity contribution is 6.07. The highest BCUT2D eigenvalue weighted by Gasteiger charge is 2.50. The lowest BCUT2D eigenvalue weighted by molar-refractivity contribution is -0.132. The molecule has 1 heterocycles. The molecule has 7 nitrogen and oxygen atoms in total. The first-order valence-corrected chi connectivity index (χ1v) is 6.83. The summed E-state index contributed by atoms with van der Waals surface area (Å²) in [5.41, 5.74) is -0.557. The highest BCUT2D eigenvalue weighted by atomic mass is 16.6. The van der Waals surface area contributed by atoms with E-state index in [2.05, 4.69) is 5.32 Å². The number of carbonyl (C=O) groups excluding carboxylic acids is 3. The van der Waals surface area contributed by atoms with Gasteiger partial charge in [0, 0.05) is 14.0 Å². The zero-order chi connectivity index (χ0) is 16.5. The molecule has 118 valence electrons. The van der Waals surface area contributed by atoms with Gasteiger partial charge in [-0.3, -0.25) is 14.5 Å². The van der Waals surface area contributed by atoms with Crippen molar-refractivity contribution in [3.8, 4) is 11.5 Å². The number of likely N-dealkylation sites (N-methyl/N-ethyl adjacent to an activating group) is 1. The van der Waals surface area contributed by atoms with E-state index in [9.17, 15) is 14.4 Å². The zero-order valence-corrected chi connectivity index (χ0v) is 12.9. The van der Waals surface area contributed by atoms with E-state index in [4.69, 9.17) is 9.47 Å². The number of nitrogens with zero attached hydrogens (tertiary/aromatic N) is 1. The summed E-state index contributed by atoms with van der Waals surface area (Å²) in [6, 6.07) is 4.33. The van der Waals surface area contributed by atoms with Crippen LogP contribution in [0.1, 0.15) is 25.8 Å². The Labute approximate surface area is 128 Å². The van der Waals surface area contributed by atoms with Crippen LogP contribution >= 0.6 is 0 Å².